The van der Waals surface area contributed by atoms with E-state index in [1.165, 1.54) is 38.5 Å². The summed E-state index contributed by atoms with van der Waals surface area (Å²) in [6, 6.07) is 2.79. The van der Waals surface area contributed by atoms with Gasteiger partial charge in [-0.15, -0.1) is 0 Å². The molecule has 0 spiro atoms. The smallest absolute Gasteiger partial charge is 0.434 e. The van der Waals surface area contributed by atoms with Crippen LogP contribution in [0.2, 0.25) is 0 Å². The van der Waals surface area contributed by atoms with Crippen LogP contribution in [-0.2, 0) is 38.3 Å². The van der Waals surface area contributed by atoms with Gasteiger partial charge in [-0.2, -0.15) is 36.9 Å². The van der Waals surface area contributed by atoms with E-state index in [1.807, 2.05) is 51.8 Å². The minimum absolute atomic E-state index is 0.0100. The number of rotatable bonds is 13. The molecule has 3 saturated carbocycles. The molecule has 0 aromatic heterocycles. The van der Waals surface area contributed by atoms with Crippen molar-refractivity contribution in [2.24, 2.45) is 47.3 Å². The number of ether oxygens (including phenoxy) is 1. The van der Waals surface area contributed by atoms with E-state index in [-0.39, 0.29) is 42.0 Å². The van der Waals surface area contributed by atoms with Gasteiger partial charge in [0.1, 0.15) is 18.6 Å². The van der Waals surface area contributed by atoms with Gasteiger partial charge in [-0.3, -0.25) is 33.6 Å². The molecule has 6 N–H and O–H groups in total. The first kappa shape index (κ1) is 77.3. The summed E-state index contributed by atoms with van der Waals surface area (Å²) in [6.07, 6.45) is 4.11. The number of fused-ring (bicyclic) bond motifs is 2. The predicted octanol–water partition coefficient (Wildman–Crippen LogP) is 7.74. The normalized spacial score (nSPS) is 22.7. The maximum absolute atomic E-state index is 12.6. The zero-order valence-corrected chi connectivity index (χ0v) is 49.8. The lowest BCUT2D eigenvalue weighted by Gasteiger charge is -2.27. The molecule has 0 aromatic rings. The van der Waals surface area contributed by atoms with E-state index in [0.717, 1.165) is 89.1 Å². The molecule has 8 atom stereocenters. The number of nitriles is 2. The Kier molecular flexibility index (Phi) is 40.2. The topological polar surface area (TPSA) is 272 Å². The van der Waals surface area contributed by atoms with Gasteiger partial charge in [0.2, 0.25) is 48.3 Å². The fourth-order valence-corrected chi connectivity index (χ4v) is 9.06. The third kappa shape index (κ3) is 34.4. The Morgan fingerprint density at radius 1 is 0.654 bits per heavy atom. The summed E-state index contributed by atoms with van der Waals surface area (Å²) >= 11 is 0. The Balaban J connectivity index is 0. The Morgan fingerprint density at radius 3 is 1.25 bits per heavy atom. The minimum atomic E-state index is -4.67. The SMILES string of the molecule is CC.CC.CC(C)(OC(=O)NCC(=O)N1C[C@H]2CCC[C@H]2C1)C(F)(F)F.CC(C)C.CC1CC1.CNCC(=O)N1C[C@H]2CCC[C@H]2C1.N#CC(CC1CCCNC1=O)NC=O.N#CC(CC1CCCNC1=O)NC=O.O=CC(F)(F)F. The number of alkyl halides is 6. The summed E-state index contributed by atoms with van der Waals surface area (Å²) < 4.78 is 73.4. The predicted molar refractivity (Wildman–Crippen MR) is 295 cm³/mol. The molecule has 4 unspecified atom stereocenters. The Labute approximate surface area is 477 Å². The van der Waals surface area contributed by atoms with Crippen molar-refractivity contribution in [3.8, 4) is 12.1 Å². The number of hydrogen-bond donors (Lipinski definition) is 6. The first-order valence-corrected chi connectivity index (χ1v) is 28.7. The summed E-state index contributed by atoms with van der Waals surface area (Å²) in [7, 11) is 1.83. The molecule has 0 radical (unpaired) electrons. The highest BCUT2D eigenvalue weighted by Crippen LogP contribution is 2.39. The van der Waals surface area contributed by atoms with Crippen LogP contribution in [0.5, 0.6) is 0 Å². The number of carbonyl (C=O) groups is 8. The average molecular weight is 1170 g/mol. The Morgan fingerprint density at radius 2 is 0.988 bits per heavy atom. The fourth-order valence-electron chi connectivity index (χ4n) is 9.06. The third-order valence-electron chi connectivity index (χ3n) is 13.6. The number of likely N-dealkylation sites (N-methyl/N-ethyl adjacent to an activating group) is 1. The van der Waals surface area contributed by atoms with Gasteiger partial charge in [-0.05, 0) is 121 Å². The zero-order chi connectivity index (χ0) is 62.4. The van der Waals surface area contributed by atoms with Crippen LogP contribution < -0.4 is 31.9 Å². The standard InChI is InChI=1S/C14H21F3N2O3.C10H18N2O.2C9H13N3O2.C4H8.C4H10.C2HF3O.2C2H6/c1-13(2,14(15,16)17)22-12(21)18-6-11(20)19-7-9-4-3-5-10(9)8-19;1-11-5-10(13)12-6-8-3-2-4-9(8)7-12;2*10-5-8(12-6-13)4-7-2-1-3-11-9(7)14;1-4-2-3-4;1-4(2)3;3-2(4,5)1-6;2*1-2/h9-10H,3-8H2,1-2H3,(H,18,21);8-9,11H,2-7H2,1H3;2*6-8H,1-4H2,(H,11,14)(H,12,13);4H,2-3H2,1H3;4H,1-3H3;1H;2*1-2H3/t9-,10+;8-,9+;;;;;;;. The Bertz CT molecular complexity index is 1850. The average Bonchev–Trinajstić information content (AvgIpc) is 3.92. The number of likely N-dealkylation sites (tertiary alicyclic amines) is 2. The first-order valence-electron chi connectivity index (χ1n) is 28.7. The molecule has 3 aliphatic carbocycles. The number of nitrogens with one attached hydrogen (secondary N) is 6. The van der Waals surface area contributed by atoms with Gasteiger partial charge in [-0.25, -0.2) is 4.79 Å². The van der Waals surface area contributed by atoms with Crippen molar-refractivity contribution in [1.82, 2.24) is 41.7 Å². The molecule has 25 heteroatoms. The van der Waals surface area contributed by atoms with Gasteiger partial charge in [0.05, 0.1) is 18.7 Å². The molecular formula is C56H96F6N10O9. The van der Waals surface area contributed by atoms with E-state index in [4.69, 9.17) is 15.3 Å². The number of amides is 7. The summed E-state index contributed by atoms with van der Waals surface area (Å²) in [4.78, 5) is 90.2. The van der Waals surface area contributed by atoms with Crippen LogP contribution in [0, 0.1) is 70.0 Å². The number of aldehydes is 1. The molecule has 7 rings (SSSR count). The van der Waals surface area contributed by atoms with Crippen molar-refractivity contribution in [2.75, 3.05) is 59.4 Å². The van der Waals surface area contributed by atoms with Gasteiger partial charge in [0.25, 0.3) is 0 Å². The summed E-state index contributed by atoms with van der Waals surface area (Å²) in [6.45, 7) is 23.3. The van der Waals surface area contributed by atoms with Gasteiger partial charge >= 0.3 is 18.4 Å². The molecule has 4 aliphatic heterocycles. The highest BCUT2D eigenvalue weighted by Gasteiger charge is 2.51. The van der Waals surface area contributed by atoms with Crippen LogP contribution in [-0.4, -0.2) is 148 Å². The molecule has 4 heterocycles. The van der Waals surface area contributed by atoms with Gasteiger partial charge < -0.3 is 46.4 Å². The number of hydrogen-bond acceptors (Lipinski definition) is 12. The maximum Gasteiger partial charge on any atom is 0.446 e. The monoisotopic (exact) mass is 1170 g/mol. The van der Waals surface area contributed by atoms with Crippen LogP contribution >= 0.6 is 0 Å². The van der Waals surface area contributed by atoms with Gasteiger partial charge in [0, 0.05) is 51.1 Å². The molecule has 0 bridgehead atoms. The molecule has 4 saturated heterocycles. The lowest BCUT2D eigenvalue weighted by atomic mass is 9.92. The van der Waals surface area contributed by atoms with Crippen molar-refractivity contribution in [2.45, 2.75) is 189 Å². The maximum atomic E-state index is 12.6. The number of nitrogens with zero attached hydrogens (tertiary/aromatic N) is 4. The number of piperidine rings is 2. The van der Waals surface area contributed by atoms with Crippen molar-refractivity contribution < 1.29 is 69.4 Å². The van der Waals surface area contributed by atoms with Crippen LogP contribution in [0.4, 0.5) is 31.1 Å². The molecule has 19 nitrogen and oxygen atoms in total. The van der Waals surface area contributed by atoms with Crippen LogP contribution in [0.1, 0.15) is 159 Å². The van der Waals surface area contributed by atoms with Crippen molar-refractivity contribution in [3.05, 3.63) is 0 Å². The van der Waals surface area contributed by atoms with Gasteiger partial charge in [-0.1, -0.05) is 81.1 Å². The number of alkyl carbamates (subject to hydrolysis) is 1. The molecule has 7 amide bonds. The van der Waals surface area contributed by atoms with Crippen molar-refractivity contribution in [1.29, 1.82) is 10.5 Å². The van der Waals surface area contributed by atoms with Crippen molar-refractivity contribution >= 4 is 48.8 Å². The second-order valence-corrected chi connectivity index (χ2v) is 21.5. The summed E-state index contributed by atoms with van der Waals surface area (Å²) in [5.74, 6) is 4.31. The van der Waals surface area contributed by atoms with E-state index >= 15 is 0 Å². The lowest BCUT2D eigenvalue weighted by molar-refractivity contribution is -0.243. The molecular weight excluding hydrogens is 1070 g/mol. The van der Waals surface area contributed by atoms with Crippen molar-refractivity contribution in [3.63, 3.8) is 0 Å². The fraction of sp³-hybridized carbons (Fsp3) is 0.821. The molecule has 466 valence electrons. The summed E-state index contributed by atoms with van der Waals surface area (Å²) in [5, 5.41) is 32.6. The summed E-state index contributed by atoms with van der Waals surface area (Å²) in [5.41, 5.74) is -2.59. The highest BCUT2D eigenvalue weighted by molar-refractivity contribution is 5.83. The molecule has 7 aliphatic rings. The van der Waals surface area contributed by atoms with E-state index in [1.54, 1.807) is 4.90 Å². The minimum Gasteiger partial charge on any atom is -0.434 e. The molecule has 7 fully saturated rings. The largest absolute Gasteiger partial charge is 0.446 e. The zero-order valence-electron chi connectivity index (χ0n) is 49.8. The van der Waals surface area contributed by atoms with Crippen LogP contribution in [0.25, 0.3) is 0 Å². The Hall–Kier alpha value is -5.72. The van der Waals surface area contributed by atoms with E-state index in [9.17, 15) is 59.9 Å². The highest BCUT2D eigenvalue weighted by atomic mass is 19.4. The lowest BCUT2D eigenvalue weighted by Crippen LogP contribution is -2.47. The number of carbonyl (C=O) groups excluding carboxylic acids is 8. The van der Waals surface area contributed by atoms with E-state index in [2.05, 4.69) is 64.3 Å². The quantitative estimate of drug-likeness (QED) is 0.0764. The van der Waals surface area contributed by atoms with Crippen LogP contribution in [0.15, 0.2) is 0 Å². The van der Waals surface area contributed by atoms with Crippen LogP contribution in [0.3, 0.4) is 0 Å². The van der Waals surface area contributed by atoms with E-state index in [0.29, 0.717) is 70.2 Å². The second-order valence-electron chi connectivity index (χ2n) is 21.5. The van der Waals surface area contributed by atoms with E-state index < -0.39 is 42.4 Å². The molecule has 81 heavy (non-hydrogen) atoms. The first-order chi connectivity index (χ1) is 38.1. The molecule has 0 aromatic carbocycles. The third-order valence-corrected chi connectivity index (χ3v) is 13.6. The number of halogens is 6. The second kappa shape index (κ2) is 42.1. The van der Waals surface area contributed by atoms with Gasteiger partial charge in [0.15, 0.2) is 0 Å².